The van der Waals surface area contributed by atoms with E-state index in [2.05, 4.69) is 41.2 Å². The van der Waals surface area contributed by atoms with Crippen molar-refractivity contribution in [3.05, 3.63) is 64.1 Å². The Labute approximate surface area is 199 Å². The molecule has 6 heteroatoms. The first kappa shape index (κ1) is 25.6. The minimum absolute atomic E-state index is 0.0111. The summed E-state index contributed by atoms with van der Waals surface area (Å²) in [6, 6.07) is 15.5. The second-order valence-corrected chi connectivity index (χ2v) is 8.44. The summed E-state index contributed by atoms with van der Waals surface area (Å²) in [5.41, 5.74) is 3.07. The molecule has 0 radical (unpaired) electrons. The smallest absolute Gasteiger partial charge is 0.342 e. The van der Waals surface area contributed by atoms with Crippen molar-refractivity contribution >= 4 is 45.9 Å². The Bertz CT molecular complexity index is 964. The molecular weight excluding hydrogens is 468 g/mol. The molecule has 0 aliphatic rings. The summed E-state index contributed by atoms with van der Waals surface area (Å²) in [4.78, 5) is 27.2. The van der Waals surface area contributed by atoms with Crippen LogP contribution in [-0.2, 0) is 14.3 Å². The molecule has 0 saturated heterocycles. The van der Waals surface area contributed by atoms with Gasteiger partial charge < -0.3 is 9.64 Å². The van der Waals surface area contributed by atoms with Gasteiger partial charge in [0.1, 0.15) is 0 Å². The summed E-state index contributed by atoms with van der Waals surface area (Å²) in [7, 11) is 0. The van der Waals surface area contributed by atoms with Crippen LogP contribution in [0.5, 0.6) is 0 Å². The average molecular weight is 500 g/mol. The molecule has 170 valence electrons. The molecule has 0 atom stereocenters. The number of nitrogens with zero attached hydrogens (tertiary/aromatic N) is 2. The maximum absolute atomic E-state index is 13.4. The van der Waals surface area contributed by atoms with Gasteiger partial charge in [0, 0.05) is 17.4 Å². The molecule has 0 unspecified atom stereocenters. The Morgan fingerprint density at radius 2 is 1.78 bits per heavy atom. The zero-order chi connectivity index (χ0) is 23.5. The van der Waals surface area contributed by atoms with Crippen molar-refractivity contribution in [1.29, 1.82) is 0 Å². The minimum atomic E-state index is -0.319. The van der Waals surface area contributed by atoms with Gasteiger partial charge in [-0.3, -0.25) is 9.59 Å². The summed E-state index contributed by atoms with van der Waals surface area (Å²) in [5, 5.41) is 0. The Morgan fingerprint density at radius 3 is 2.38 bits per heavy atom. The Kier molecular flexibility index (Phi) is 10.4. The fourth-order valence-corrected chi connectivity index (χ4v) is 3.97. The van der Waals surface area contributed by atoms with Gasteiger partial charge in [0.2, 0.25) is 5.91 Å². The predicted octanol–water partition coefficient (Wildman–Crippen LogP) is 5.17. The molecule has 0 spiro atoms. The van der Waals surface area contributed by atoms with Crippen LogP contribution >= 0.6 is 15.9 Å². The number of ether oxygens (including phenoxy) is 1. The average Bonchev–Trinajstić information content (AvgIpc) is 2.80. The number of hydrogen-bond acceptors (Lipinski definition) is 3. The van der Waals surface area contributed by atoms with E-state index in [-0.39, 0.29) is 24.8 Å². The second-order valence-electron chi connectivity index (χ2n) is 7.52. The van der Waals surface area contributed by atoms with Crippen molar-refractivity contribution in [3.63, 3.8) is 0 Å². The lowest BCUT2D eigenvalue weighted by Gasteiger charge is -2.26. The maximum atomic E-state index is 13.4. The molecule has 0 aliphatic heterocycles. The Balaban J connectivity index is 2.53. The highest BCUT2D eigenvalue weighted by Gasteiger charge is 2.28. The van der Waals surface area contributed by atoms with Crippen LogP contribution in [0.25, 0.3) is 0 Å². The second kappa shape index (κ2) is 13.0. The zero-order valence-corrected chi connectivity index (χ0v) is 20.7. The number of amides is 1. The molecule has 0 saturated carbocycles. The lowest BCUT2D eigenvalue weighted by Crippen LogP contribution is -2.35. The van der Waals surface area contributed by atoms with Gasteiger partial charge in [-0.25, -0.2) is 0 Å². The molecule has 5 nitrogen and oxygen atoms in total. The lowest BCUT2D eigenvalue weighted by molar-refractivity contribution is -0.142. The third-order valence-electron chi connectivity index (χ3n) is 5.47. The quantitative estimate of drug-likeness (QED) is 0.243. The SMILES string of the molecule is C=[N+]=C(c1ccccc1)c1cc(Br)ccc1N(CCC(=O)OCC)C(=O)CC(CC)CC. The van der Waals surface area contributed by atoms with E-state index in [1.165, 1.54) is 0 Å². The van der Waals surface area contributed by atoms with Crippen molar-refractivity contribution in [3.8, 4) is 0 Å². The molecule has 2 aromatic carbocycles. The van der Waals surface area contributed by atoms with E-state index < -0.39 is 0 Å². The molecule has 0 heterocycles. The molecule has 0 aromatic heterocycles. The maximum Gasteiger partial charge on any atom is 0.342 e. The van der Waals surface area contributed by atoms with Crippen molar-refractivity contribution < 1.29 is 14.3 Å². The van der Waals surface area contributed by atoms with Gasteiger partial charge in [0.15, 0.2) is 0 Å². The van der Waals surface area contributed by atoms with E-state index in [0.29, 0.717) is 30.3 Å². The first-order chi connectivity index (χ1) is 15.4. The molecule has 1 amide bonds. The molecule has 2 aromatic rings. The Morgan fingerprint density at radius 1 is 1.09 bits per heavy atom. The van der Waals surface area contributed by atoms with Gasteiger partial charge >= 0.3 is 11.7 Å². The van der Waals surface area contributed by atoms with Crippen LogP contribution in [0.1, 0.15) is 57.6 Å². The van der Waals surface area contributed by atoms with E-state index in [1.807, 2.05) is 48.5 Å². The first-order valence-corrected chi connectivity index (χ1v) is 11.9. The number of anilines is 1. The first-order valence-electron chi connectivity index (χ1n) is 11.1. The topological polar surface area (TPSA) is 60.7 Å². The van der Waals surface area contributed by atoms with E-state index in [1.54, 1.807) is 11.8 Å². The number of esters is 1. The number of carbonyl (C=O) groups excluding carboxylic acids is 2. The summed E-state index contributed by atoms with van der Waals surface area (Å²) < 4.78 is 10.3. The molecule has 0 N–H and O–H groups in total. The van der Waals surface area contributed by atoms with Crippen LogP contribution in [0.15, 0.2) is 53.0 Å². The number of carbonyl (C=O) groups is 2. The zero-order valence-electron chi connectivity index (χ0n) is 19.1. The molecule has 0 fully saturated rings. The number of rotatable bonds is 11. The highest BCUT2D eigenvalue weighted by Crippen LogP contribution is 2.29. The van der Waals surface area contributed by atoms with E-state index in [0.717, 1.165) is 28.4 Å². The predicted molar refractivity (Wildman–Crippen MR) is 135 cm³/mol. The number of benzene rings is 2. The summed E-state index contributed by atoms with van der Waals surface area (Å²) in [6.45, 7) is 10.3. The minimum Gasteiger partial charge on any atom is -0.466 e. The van der Waals surface area contributed by atoms with Crippen LogP contribution in [0.2, 0.25) is 0 Å². The van der Waals surface area contributed by atoms with Crippen molar-refractivity contribution in [2.75, 3.05) is 18.1 Å². The highest BCUT2D eigenvalue weighted by molar-refractivity contribution is 9.10. The summed E-state index contributed by atoms with van der Waals surface area (Å²) in [6.07, 6.45) is 2.40. The fraction of sp³-hybridized carbons (Fsp3) is 0.385. The fourth-order valence-electron chi connectivity index (χ4n) is 3.61. The van der Waals surface area contributed by atoms with Gasteiger partial charge in [-0.05, 0) is 43.2 Å². The van der Waals surface area contributed by atoms with Crippen LogP contribution in [-0.4, -0.2) is 37.5 Å². The highest BCUT2D eigenvalue weighted by atomic mass is 79.9. The van der Waals surface area contributed by atoms with Gasteiger partial charge in [0.25, 0.3) is 6.72 Å². The molecule has 0 bridgehead atoms. The third kappa shape index (κ3) is 6.91. The van der Waals surface area contributed by atoms with Crippen molar-refractivity contribution in [2.24, 2.45) is 5.92 Å². The van der Waals surface area contributed by atoms with Crippen LogP contribution in [0.3, 0.4) is 0 Å². The van der Waals surface area contributed by atoms with Crippen LogP contribution in [0.4, 0.5) is 5.69 Å². The molecule has 32 heavy (non-hydrogen) atoms. The van der Waals surface area contributed by atoms with Gasteiger partial charge in [-0.15, -0.1) is 0 Å². The van der Waals surface area contributed by atoms with Crippen LogP contribution < -0.4 is 9.57 Å². The third-order valence-corrected chi connectivity index (χ3v) is 5.97. The largest absolute Gasteiger partial charge is 0.466 e. The standard InChI is InChI=1S/C26H32BrN2O3/c1-5-19(6-2)17-24(30)29(16-15-25(31)32-7-3)23-14-13-21(27)18-22(23)26(28-4)20-11-9-8-10-12-20/h8-14,18-19H,4-7,15-17H2,1-3H3/q+1. The Hall–Kier alpha value is -2.69. The number of halogens is 1. The lowest BCUT2D eigenvalue weighted by atomic mass is 9.97. The number of hydrogen-bond donors (Lipinski definition) is 0. The molecule has 0 aliphatic carbocycles. The van der Waals surface area contributed by atoms with Crippen molar-refractivity contribution in [2.45, 2.75) is 46.5 Å². The van der Waals surface area contributed by atoms with E-state index in [9.17, 15) is 9.59 Å². The normalized spacial score (nSPS) is 10.5. The van der Waals surface area contributed by atoms with Gasteiger partial charge in [0.05, 0.1) is 29.8 Å². The summed E-state index contributed by atoms with van der Waals surface area (Å²) >= 11 is 3.55. The summed E-state index contributed by atoms with van der Waals surface area (Å²) in [5.74, 6) is -0.0368. The molecule has 2 rings (SSSR count). The molecular formula is C26H32BrN2O3+. The van der Waals surface area contributed by atoms with Gasteiger partial charge in [-0.1, -0.05) is 65.5 Å². The van der Waals surface area contributed by atoms with Crippen molar-refractivity contribution in [1.82, 2.24) is 4.67 Å². The van der Waals surface area contributed by atoms with Crippen LogP contribution in [0, 0.1) is 5.92 Å². The van der Waals surface area contributed by atoms with Gasteiger partial charge in [-0.2, -0.15) is 0 Å². The van der Waals surface area contributed by atoms with E-state index >= 15 is 0 Å². The van der Waals surface area contributed by atoms with E-state index in [4.69, 9.17) is 4.74 Å². The monoisotopic (exact) mass is 499 g/mol.